The Kier molecular flexibility index (Phi) is 6.11. The Bertz CT molecular complexity index is 970. The lowest BCUT2D eigenvalue weighted by Gasteiger charge is -2.22. The van der Waals surface area contributed by atoms with E-state index < -0.39 is 0 Å². The highest BCUT2D eigenvalue weighted by Crippen LogP contribution is 2.22. The van der Waals surface area contributed by atoms with Gasteiger partial charge in [-0.1, -0.05) is 30.3 Å². The first-order valence-electron chi connectivity index (χ1n) is 10.6. The SMILES string of the molecule is O=C(CCCN1C(=O)c2ccccc2C1=O)N1CCCN(C(=O)c2ccccc2)CC1. The van der Waals surface area contributed by atoms with Gasteiger partial charge < -0.3 is 9.80 Å². The van der Waals surface area contributed by atoms with Crippen LogP contribution in [0, 0.1) is 0 Å². The fraction of sp³-hybridized carbons (Fsp3) is 0.333. The topological polar surface area (TPSA) is 78.0 Å². The lowest BCUT2D eigenvalue weighted by atomic mass is 10.1. The lowest BCUT2D eigenvalue weighted by Crippen LogP contribution is -2.37. The summed E-state index contributed by atoms with van der Waals surface area (Å²) in [6.45, 7) is 2.43. The van der Waals surface area contributed by atoms with Gasteiger partial charge in [0.2, 0.25) is 5.91 Å². The summed E-state index contributed by atoms with van der Waals surface area (Å²) in [6.07, 6.45) is 1.41. The summed E-state index contributed by atoms with van der Waals surface area (Å²) < 4.78 is 0. The number of hydrogen-bond acceptors (Lipinski definition) is 4. The van der Waals surface area contributed by atoms with E-state index in [1.165, 1.54) is 4.90 Å². The summed E-state index contributed by atoms with van der Waals surface area (Å²) in [5.41, 5.74) is 1.51. The Morgan fingerprint density at radius 2 is 1.32 bits per heavy atom. The number of rotatable bonds is 5. The minimum atomic E-state index is -0.294. The van der Waals surface area contributed by atoms with Crippen LogP contribution in [0.3, 0.4) is 0 Å². The molecule has 0 radical (unpaired) electrons. The average Bonchev–Trinajstić information content (AvgIpc) is 2.97. The maximum atomic E-state index is 12.7. The van der Waals surface area contributed by atoms with Crippen molar-refractivity contribution in [2.24, 2.45) is 0 Å². The number of benzene rings is 2. The van der Waals surface area contributed by atoms with E-state index in [0.717, 1.165) is 6.42 Å². The molecule has 2 aliphatic heterocycles. The summed E-state index contributed by atoms with van der Waals surface area (Å²) >= 11 is 0. The van der Waals surface area contributed by atoms with Crippen molar-refractivity contribution in [1.29, 1.82) is 0 Å². The van der Waals surface area contributed by atoms with Gasteiger partial charge in [0.15, 0.2) is 0 Å². The van der Waals surface area contributed by atoms with Gasteiger partial charge in [0.25, 0.3) is 17.7 Å². The molecule has 1 fully saturated rings. The number of fused-ring (bicyclic) bond motifs is 1. The Morgan fingerprint density at radius 3 is 2.00 bits per heavy atom. The predicted molar refractivity (Wildman–Crippen MR) is 115 cm³/mol. The molecule has 2 aromatic rings. The molecule has 0 unspecified atom stereocenters. The Labute approximate surface area is 181 Å². The molecule has 2 aliphatic rings. The van der Waals surface area contributed by atoms with Crippen LogP contribution in [0.4, 0.5) is 0 Å². The van der Waals surface area contributed by atoms with Crippen LogP contribution in [0.15, 0.2) is 54.6 Å². The van der Waals surface area contributed by atoms with Crippen molar-refractivity contribution >= 4 is 23.6 Å². The molecule has 7 nitrogen and oxygen atoms in total. The van der Waals surface area contributed by atoms with E-state index in [-0.39, 0.29) is 36.6 Å². The quantitative estimate of drug-likeness (QED) is 0.698. The van der Waals surface area contributed by atoms with Crippen molar-refractivity contribution in [3.05, 3.63) is 71.3 Å². The monoisotopic (exact) mass is 419 g/mol. The van der Waals surface area contributed by atoms with Gasteiger partial charge in [-0.15, -0.1) is 0 Å². The summed E-state index contributed by atoms with van der Waals surface area (Å²) in [7, 11) is 0. The molecule has 0 aromatic heterocycles. The Morgan fingerprint density at radius 1 is 0.742 bits per heavy atom. The van der Waals surface area contributed by atoms with Gasteiger partial charge in [0.1, 0.15) is 0 Å². The van der Waals surface area contributed by atoms with E-state index in [0.29, 0.717) is 49.3 Å². The maximum absolute atomic E-state index is 12.7. The first kappa shape index (κ1) is 20.8. The summed E-state index contributed by atoms with van der Waals surface area (Å²) in [4.78, 5) is 55.0. The van der Waals surface area contributed by atoms with Gasteiger partial charge in [-0.3, -0.25) is 24.1 Å². The highest BCUT2D eigenvalue weighted by molar-refractivity contribution is 6.21. The molecule has 4 amide bonds. The zero-order chi connectivity index (χ0) is 21.8. The molecule has 0 saturated carbocycles. The molecule has 4 rings (SSSR count). The molecule has 160 valence electrons. The molecule has 7 heteroatoms. The molecule has 0 atom stereocenters. The second-order valence-electron chi connectivity index (χ2n) is 7.80. The normalized spacial score (nSPS) is 16.3. The molecular formula is C24H25N3O4. The summed E-state index contributed by atoms with van der Waals surface area (Å²) in [6, 6.07) is 15.9. The molecule has 2 aromatic carbocycles. The second-order valence-corrected chi connectivity index (χ2v) is 7.80. The molecule has 0 bridgehead atoms. The summed E-state index contributed by atoms with van der Waals surface area (Å²) in [5.74, 6) is -0.609. The number of imide groups is 1. The van der Waals surface area contributed by atoms with Gasteiger partial charge in [0, 0.05) is 44.7 Å². The highest BCUT2D eigenvalue weighted by atomic mass is 16.2. The van der Waals surface area contributed by atoms with E-state index >= 15 is 0 Å². The van der Waals surface area contributed by atoms with E-state index in [4.69, 9.17) is 0 Å². The number of amides is 4. The number of nitrogens with zero attached hydrogens (tertiary/aromatic N) is 3. The molecule has 0 spiro atoms. The van der Waals surface area contributed by atoms with E-state index in [9.17, 15) is 19.2 Å². The number of hydrogen-bond donors (Lipinski definition) is 0. The van der Waals surface area contributed by atoms with Crippen molar-refractivity contribution < 1.29 is 19.2 Å². The largest absolute Gasteiger partial charge is 0.341 e. The minimum Gasteiger partial charge on any atom is -0.341 e. The molecule has 0 N–H and O–H groups in total. The molecule has 31 heavy (non-hydrogen) atoms. The Hall–Kier alpha value is -3.48. The van der Waals surface area contributed by atoms with Crippen molar-refractivity contribution in [3.63, 3.8) is 0 Å². The first-order valence-corrected chi connectivity index (χ1v) is 10.6. The first-order chi connectivity index (χ1) is 15.1. The standard InChI is InChI=1S/C24H25N3O4/c28-21(12-6-15-27-23(30)19-10-4-5-11-20(19)24(27)31)25-13-7-14-26(17-16-25)22(29)18-8-2-1-3-9-18/h1-5,8-11H,6-7,12-17H2. The van der Waals surface area contributed by atoms with Crippen LogP contribution in [0.25, 0.3) is 0 Å². The smallest absolute Gasteiger partial charge is 0.261 e. The molecule has 1 saturated heterocycles. The second kappa shape index (κ2) is 9.12. The van der Waals surface area contributed by atoms with Crippen molar-refractivity contribution in [1.82, 2.24) is 14.7 Å². The van der Waals surface area contributed by atoms with E-state index in [2.05, 4.69) is 0 Å². The van der Waals surface area contributed by atoms with Crippen LogP contribution in [-0.2, 0) is 4.79 Å². The lowest BCUT2D eigenvalue weighted by molar-refractivity contribution is -0.131. The minimum absolute atomic E-state index is 0.00869. The van der Waals surface area contributed by atoms with Crippen LogP contribution in [0.5, 0.6) is 0 Å². The highest BCUT2D eigenvalue weighted by Gasteiger charge is 2.34. The van der Waals surface area contributed by atoms with Gasteiger partial charge in [-0.25, -0.2) is 0 Å². The molecular weight excluding hydrogens is 394 g/mol. The maximum Gasteiger partial charge on any atom is 0.261 e. The zero-order valence-corrected chi connectivity index (χ0v) is 17.3. The van der Waals surface area contributed by atoms with Crippen LogP contribution >= 0.6 is 0 Å². The average molecular weight is 419 g/mol. The van der Waals surface area contributed by atoms with Crippen LogP contribution in [0.2, 0.25) is 0 Å². The third kappa shape index (κ3) is 4.35. The van der Waals surface area contributed by atoms with E-state index in [1.807, 2.05) is 18.2 Å². The molecule has 0 aliphatic carbocycles. The fourth-order valence-electron chi connectivity index (χ4n) is 4.12. The van der Waals surface area contributed by atoms with Crippen molar-refractivity contribution in [2.75, 3.05) is 32.7 Å². The van der Waals surface area contributed by atoms with Gasteiger partial charge >= 0.3 is 0 Å². The fourth-order valence-corrected chi connectivity index (χ4v) is 4.12. The number of carbonyl (C=O) groups excluding carboxylic acids is 4. The van der Waals surface area contributed by atoms with Crippen LogP contribution < -0.4 is 0 Å². The molecule has 2 heterocycles. The van der Waals surface area contributed by atoms with Crippen molar-refractivity contribution in [2.45, 2.75) is 19.3 Å². The van der Waals surface area contributed by atoms with Crippen molar-refractivity contribution in [3.8, 4) is 0 Å². The zero-order valence-electron chi connectivity index (χ0n) is 17.3. The predicted octanol–water partition coefficient (Wildman–Crippen LogP) is 2.44. The van der Waals surface area contributed by atoms with E-state index in [1.54, 1.807) is 46.2 Å². The Balaban J connectivity index is 1.27. The third-order valence-electron chi connectivity index (χ3n) is 5.81. The van der Waals surface area contributed by atoms with Gasteiger partial charge in [-0.2, -0.15) is 0 Å². The third-order valence-corrected chi connectivity index (χ3v) is 5.81. The van der Waals surface area contributed by atoms with Gasteiger partial charge in [0.05, 0.1) is 11.1 Å². The number of carbonyl (C=O) groups is 4. The van der Waals surface area contributed by atoms with Crippen LogP contribution in [0.1, 0.15) is 50.3 Å². The summed E-state index contributed by atoms with van der Waals surface area (Å²) in [5, 5.41) is 0. The van der Waals surface area contributed by atoms with Crippen LogP contribution in [-0.4, -0.2) is 71.1 Å². The van der Waals surface area contributed by atoms with Gasteiger partial charge in [-0.05, 0) is 37.1 Å².